The van der Waals surface area contributed by atoms with E-state index in [4.69, 9.17) is 0 Å². The van der Waals surface area contributed by atoms with Crippen molar-refractivity contribution < 1.29 is 69.7 Å². The molecule has 0 bridgehead atoms. The molecule has 0 spiro atoms. The second-order valence-electron chi connectivity index (χ2n) is 3.15. The molecule has 186 valence electrons. The lowest BCUT2D eigenvalue weighted by Crippen LogP contribution is -2.51. The fourth-order valence-corrected chi connectivity index (χ4v) is 0.742. The van der Waals surface area contributed by atoms with Crippen molar-refractivity contribution in [2.24, 2.45) is 0 Å². The molecule has 0 aromatic carbocycles. The summed E-state index contributed by atoms with van der Waals surface area (Å²) >= 11 is 0. The van der Waals surface area contributed by atoms with E-state index in [1.54, 1.807) is 0 Å². The molecule has 29 heavy (non-hydrogen) atoms. The number of hydrogen-bond donors (Lipinski definition) is 0. The Kier molecular flexibility index (Phi) is 33.9. The lowest BCUT2D eigenvalue weighted by Gasteiger charge is -2.25. The van der Waals surface area contributed by atoms with E-state index in [2.05, 4.69) is 0 Å². The van der Waals surface area contributed by atoms with E-state index in [1.165, 1.54) is 20.8 Å². The molecule has 0 atom stereocenters. The molecule has 0 aromatic rings. The smallest absolute Gasteiger partial charge is 0.255 e. The molecule has 0 radical (unpaired) electrons. The molecule has 17 heteroatoms. The lowest BCUT2D eigenvalue weighted by atomic mass is 10.6. The molecule has 0 aliphatic carbocycles. The van der Waals surface area contributed by atoms with Crippen LogP contribution in [0.1, 0.15) is 20.8 Å². The molecular weight excluding hydrogens is 471 g/mol. The Balaban J connectivity index is -0.0000000839. The van der Waals surface area contributed by atoms with Crippen molar-refractivity contribution >= 4 is 10.2 Å². The van der Waals surface area contributed by atoms with Crippen LogP contribution in [0.2, 0.25) is 0 Å². The van der Waals surface area contributed by atoms with E-state index < -0.39 is 34.4 Å². The van der Waals surface area contributed by atoms with Gasteiger partial charge in [-0.1, -0.05) is 3.89 Å². The minimum atomic E-state index is -7.20. The molecular formula is C12H23F13O3S. The standard InChI is InChI=1S/C4H2F8O3S.3C2H5F.2CH3F/c5-1-2(6,7)15-3(8,9)4(10,11)16(12,13)14;3*1-2-3;2*1-2/h1H2;3*2H2,1H3;2*1H3. The van der Waals surface area contributed by atoms with Crippen LogP contribution < -0.4 is 0 Å². The molecule has 0 saturated carbocycles. The summed E-state index contributed by atoms with van der Waals surface area (Å²) in [7, 11) is -6.20. The van der Waals surface area contributed by atoms with Crippen LogP contribution >= 0.6 is 0 Å². The van der Waals surface area contributed by atoms with Crippen molar-refractivity contribution in [3.8, 4) is 0 Å². The van der Waals surface area contributed by atoms with Crippen molar-refractivity contribution in [3.05, 3.63) is 0 Å². The monoisotopic (exact) mass is 494 g/mol. The molecule has 0 heterocycles. The summed E-state index contributed by atoms with van der Waals surface area (Å²) in [5.41, 5.74) is 0. The van der Waals surface area contributed by atoms with Gasteiger partial charge in [-0.25, -0.2) is 9.13 Å². The van der Waals surface area contributed by atoms with E-state index in [9.17, 15) is 65.0 Å². The number of ether oxygens (including phenoxy) is 1. The molecule has 0 amide bonds. The van der Waals surface area contributed by atoms with Gasteiger partial charge in [0.25, 0.3) is 0 Å². The number of alkyl halides is 12. The maximum absolute atomic E-state index is 12.1. The van der Waals surface area contributed by atoms with Crippen LogP contribution in [0.5, 0.6) is 0 Å². The van der Waals surface area contributed by atoms with E-state index in [1.807, 2.05) is 4.74 Å². The minimum absolute atomic E-state index is 0.250. The van der Waals surface area contributed by atoms with Crippen LogP contribution in [0.4, 0.5) is 56.6 Å². The highest BCUT2D eigenvalue weighted by Gasteiger charge is 2.71. The van der Waals surface area contributed by atoms with Gasteiger partial charge in [0.05, 0.1) is 34.4 Å². The minimum Gasteiger partial charge on any atom is -0.255 e. The Bertz CT molecular complexity index is 401. The van der Waals surface area contributed by atoms with Gasteiger partial charge in [0.2, 0.25) is 0 Å². The van der Waals surface area contributed by atoms with Crippen LogP contribution in [-0.4, -0.2) is 66.9 Å². The van der Waals surface area contributed by atoms with Crippen LogP contribution in [-0.2, 0) is 15.0 Å². The zero-order chi connectivity index (χ0) is 25.5. The van der Waals surface area contributed by atoms with Gasteiger partial charge < -0.3 is 0 Å². The van der Waals surface area contributed by atoms with E-state index >= 15 is 0 Å². The first-order valence-electron chi connectivity index (χ1n) is 6.78. The maximum Gasteiger partial charge on any atom is 0.464 e. The lowest BCUT2D eigenvalue weighted by molar-refractivity contribution is -0.415. The third kappa shape index (κ3) is 25.0. The molecule has 3 nitrogen and oxygen atoms in total. The second kappa shape index (κ2) is 23.3. The fraction of sp³-hybridized carbons (Fsp3) is 1.00. The first-order chi connectivity index (χ1) is 13.0. The van der Waals surface area contributed by atoms with E-state index in [-0.39, 0.29) is 20.0 Å². The van der Waals surface area contributed by atoms with Gasteiger partial charge in [-0.05, 0) is 20.8 Å². The van der Waals surface area contributed by atoms with E-state index in [0.717, 1.165) is 0 Å². The Morgan fingerprint density at radius 2 is 0.897 bits per heavy atom. The van der Waals surface area contributed by atoms with Crippen molar-refractivity contribution in [2.45, 2.75) is 38.2 Å². The summed E-state index contributed by atoms with van der Waals surface area (Å²) in [5.74, 6) is 0. The zero-order valence-corrected chi connectivity index (χ0v) is 16.7. The molecule has 0 rings (SSSR count). The number of rotatable bonds is 5. The molecule has 0 aliphatic heterocycles. The van der Waals surface area contributed by atoms with Crippen molar-refractivity contribution in [1.82, 2.24) is 0 Å². The van der Waals surface area contributed by atoms with Crippen LogP contribution in [0, 0.1) is 0 Å². The van der Waals surface area contributed by atoms with Gasteiger partial charge in [0.15, 0.2) is 6.67 Å². The zero-order valence-electron chi connectivity index (χ0n) is 15.9. The van der Waals surface area contributed by atoms with Gasteiger partial charge in [-0.2, -0.15) is 34.8 Å². The van der Waals surface area contributed by atoms with Crippen LogP contribution in [0.25, 0.3) is 0 Å². The summed E-state index contributed by atoms with van der Waals surface area (Å²) in [6.45, 7) is 0.699. The SMILES string of the molecule is CCF.CCF.CCF.CF.CF.O=S(=O)(F)C(F)(F)C(F)(F)OC(F)(F)CF. The predicted molar refractivity (Wildman–Crippen MR) is 80.9 cm³/mol. The second-order valence-corrected chi connectivity index (χ2v) is 4.53. The summed E-state index contributed by atoms with van der Waals surface area (Å²) < 4.78 is 166. The summed E-state index contributed by atoms with van der Waals surface area (Å²) in [6, 6.07) is 0. The highest BCUT2D eigenvalue weighted by atomic mass is 32.3. The fourth-order valence-electron chi connectivity index (χ4n) is 0.416. The number of hydrogen-bond acceptors (Lipinski definition) is 3. The van der Waals surface area contributed by atoms with Crippen molar-refractivity contribution in [1.29, 1.82) is 0 Å². The first kappa shape index (κ1) is 42.2. The summed E-state index contributed by atoms with van der Waals surface area (Å²) in [6.07, 6.45) is -11.8. The molecule has 0 N–H and O–H groups in total. The molecule has 0 aromatic heterocycles. The normalized spacial score (nSPS) is 10.7. The highest BCUT2D eigenvalue weighted by Crippen LogP contribution is 2.43. The first-order valence-corrected chi connectivity index (χ1v) is 8.17. The Morgan fingerprint density at radius 3 is 1.03 bits per heavy atom. The van der Waals surface area contributed by atoms with Crippen molar-refractivity contribution in [3.63, 3.8) is 0 Å². The van der Waals surface area contributed by atoms with E-state index in [0.29, 0.717) is 14.4 Å². The van der Waals surface area contributed by atoms with Gasteiger partial charge in [-0.15, -0.1) is 0 Å². The third-order valence-electron chi connectivity index (χ3n) is 1.08. The largest absolute Gasteiger partial charge is 0.464 e. The molecule has 0 saturated heterocycles. The quantitative estimate of drug-likeness (QED) is 0.340. The average Bonchev–Trinajstić information content (AvgIpc) is 2.58. The number of halogens is 13. The van der Waals surface area contributed by atoms with Gasteiger partial charge >= 0.3 is 27.7 Å². The molecule has 0 aliphatic rings. The average molecular weight is 494 g/mol. The van der Waals surface area contributed by atoms with Crippen molar-refractivity contribution in [2.75, 3.05) is 41.1 Å². The molecule has 0 unspecified atom stereocenters. The van der Waals surface area contributed by atoms with Gasteiger partial charge in [-0.3, -0.25) is 22.0 Å². The summed E-state index contributed by atoms with van der Waals surface area (Å²) in [4.78, 5) is 0. The Labute approximate surface area is 160 Å². The Morgan fingerprint density at radius 1 is 0.690 bits per heavy atom. The topological polar surface area (TPSA) is 43.4 Å². The Hall–Kier alpha value is -1.00. The maximum atomic E-state index is 12.1. The third-order valence-corrected chi connectivity index (χ3v) is 1.93. The molecule has 0 fully saturated rings. The predicted octanol–water partition coefficient (Wildman–Crippen LogP) is 6.15. The van der Waals surface area contributed by atoms with Gasteiger partial charge in [0.1, 0.15) is 0 Å². The summed E-state index contributed by atoms with van der Waals surface area (Å²) in [5, 5.41) is -6.56. The highest BCUT2D eigenvalue weighted by molar-refractivity contribution is 7.87. The van der Waals surface area contributed by atoms with Crippen LogP contribution in [0.15, 0.2) is 0 Å². The van der Waals surface area contributed by atoms with Crippen LogP contribution in [0.3, 0.4) is 0 Å². The van der Waals surface area contributed by atoms with Gasteiger partial charge in [0, 0.05) is 0 Å².